The van der Waals surface area contributed by atoms with Crippen LogP contribution in [0.15, 0.2) is 31.8 Å². The van der Waals surface area contributed by atoms with Crippen molar-refractivity contribution in [1.29, 1.82) is 0 Å². The van der Waals surface area contributed by atoms with Gasteiger partial charge in [-0.2, -0.15) is 0 Å². The van der Waals surface area contributed by atoms with E-state index in [0.29, 0.717) is 18.0 Å². The van der Waals surface area contributed by atoms with Gasteiger partial charge in [0.25, 0.3) is 0 Å². The molecule has 7 heteroatoms. The lowest BCUT2D eigenvalue weighted by atomic mass is 9.89. The van der Waals surface area contributed by atoms with Gasteiger partial charge in [0.1, 0.15) is 0 Å². The second-order valence-corrected chi connectivity index (χ2v) is 8.94. The Labute approximate surface area is 147 Å². The molecule has 0 fully saturated rings. The summed E-state index contributed by atoms with van der Waals surface area (Å²) in [6, 6.07) is 7.33. The SMILES string of the molecule is O=C(O)N1CCc2cc(Cl)ccc2C1c1cc(Br)sc1Br. The van der Waals surface area contributed by atoms with Gasteiger partial charge >= 0.3 is 6.09 Å². The monoisotopic (exact) mass is 449 g/mol. The second-order valence-electron chi connectivity index (χ2n) is 4.75. The minimum absolute atomic E-state index is 0.305. The van der Waals surface area contributed by atoms with Crippen LogP contribution in [0.25, 0.3) is 0 Å². The Bertz CT molecular complexity index is 719. The third-order valence-electron chi connectivity index (χ3n) is 3.56. The summed E-state index contributed by atoms with van der Waals surface area (Å²) < 4.78 is 1.91. The Morgan fingerprint density at radius 1 is 1.33 bits per heavy atom. The molecule has 1 atom stereocenters. The van der Waals surface area contributed by atoms with Crippen molar-refractivity contribution in [3.05, 3.63) is 53.6 Å². The second kappa shape index (κ2) is 5.91. The van der Waals surface area contributed by atoms with E-state index in [1.54, 1.807) is 11.3 Å². The first-order valence-corrected chi connectivity index (χ1v) is 8.98. The molecule has 1 aliphatic rings. The summed E-state index contributed by atoms with van der Waals surface area (Å²) in [6.07, 6.45) is -0.225. The summed E-state index contributed by atoms with van der Waals surface area (Å²) in [5, 5.41) is 10.2. The third-order valence-corrected chi connectivity index (χ3v) is 6.18. The molecule has 1 aliphatic heterocycles. The van der Waals surface area contributed by atoms with Gasteiger partial charge in [0.05, 0.1) is 13.6 Å². The summed E-state index contributed by atoms with van der Waals surface area (Å²) in [7, 11) is 0. The number of carbonyl (C=O) groups is 1. The zero-order chi connectivity index (χ0) is 15.1. The van der Waals surface area contributed by atoms with Gasteiger partial charge in [-0.1, -0.05) is 17.7 Å². The number of carboxylic acid groups (broad SMARTS) is 1. The molecule has 2 heterocycles. The van der Waals surface area contributed by atoms with Gasteiger partial charge < -0.3 is 5.11 Å². The molecule has 0 saturated heterocycles. The summed E-state index contributed by atoms with van der Waals surface area (Å²) in [6.45, 7) is 0.466. The van der Waals surface area contributed by atoms with Crippen molar-refractivity contribution < 1.29 is 9.90 Å². The van der Waals surface area contributed by atoms with Crippen LogP contribution >= 0.6 is 54.8 Å². The van der Waals surface area contributed by atoms with Gasteiger partial charge in [-0.25, -0.2) is 4.79 Å². The summed E-state index contributed by atoms with van der Waals surface area (Å²) in [5.41, 5.74) is 3.07. The summed E-state index contributed by atoms with van der Waals surface area (Å²) >= 11 is 14.6. The van der Waals surface area contributed by atoms with Crippen molar-refractivity contribution >= 4 is 60.9 Å². The minimum Gasteiger partial charge on any atom is -0.465 e. The number of hydrogen-bond acceptors (Lipinski definition) is 2. The number of fused-ring (bicyclic) bond motifs is 1. The molecule has 1 aromatic carbocycles. The quantitative estimate of drug-likeness (QED) is 0.617. The Morgan fingerprint density at radius 2 is 2.10 bits per heavy atom. The molecule has 1 unspecified atom stereocenters. The molecule has 1 amide bonds. The standard InChI is InChI=1S/C14H10Br2ClNO2S/c15-11-6-10(13(16)21-11)12-9-2-1-8(17)5-7(9)3-4-18(12)14(19)20/h1-2,5-6,12H,3-4H2,(H,19,20). The highest BCUT2D eigenvalue weighted by atomic mass is 79.9. The molecule has 2 aromatic rings. The van der Waals surface area contributed by atoms with E-state index in [1.165, 1.54) is 4.90 Å². The maximum atomic E-state index is 11.6. The number of rotatable bonds is 1. The van der Waals surface area contributed by atoms with Crippen LogP contribution in [-0.4, -0.2) is 22.6 Å². The molecule has 21 heavy (non-hydrogen) atoms. The van der Waals surface area contributed by atoms with Crippen molar-refractivity contribution in [2.75, 3.05) is 6.54 Å². The van der Waals surface area contributed by atoms with Crippen molar-refractivity contribution in [1.82, 2.24) is 4.90 Å². The van der Waals surface area contributed by atoms with E-state index in [4.69, 9.17) is 11.6 Å². The maximum absolute atomic E-state index is 11.6. The Hall–Kier alpha value is -0.560. The van der Waals surface area contributed by atoms with E-state index in [9.17, 15) is 9.90 Å². The average molecular weight is 452 g/mol. The van der Waals surface area contributed by atoms with Gasteiger partial charge in [0.15, 0.2) is 0 Å². The van der Waals surface area contributed by atoms with Crippen LogP contribution in [-0.2, 0) is 6.42 Å². The molecule has 0 aliphatic carbocycles. The summed E-state index contributed by atoms with van der Waals surface area (Å²) in [5.74, 6) is 0. The van der Waals surface area contributed by atoms with Crippen molar-refractivity contribution in [2.45, 2.75) is 12.5 Å². The fraction of sp³-hybridized carbons (Fsp3) is 0.214. The molecule has 3 nitrogen and oxygen atoms in total. The van der Waals surface area contributed by atoms with Crippen molar-refractivity contribution in [3.8, 4) is 0 Å². The lowest BCUT2D eigenvalue weighted by Crippen LogP contribution is -2.39. The molecular weight excluding hydrogens is 441 g/mol. The van der Waals surface area contributed by atoms with Crippen molar-refractivity contribution in [2.24, 2.45) is 0 Å². The van der Waals surface area contributed by atoms with E-state index >= 15 is 0 Å². The van der Waals surface area contributed by atoms with Crippen LogP contribution in [0.5, 0.6) is 0 Å². The number of thiophene rings is 1. The predicted molar refractivity (Wildman–Crippen MR) is 91.4 cm³/mol. The van der Waals surface area contributed by atoms with E-state index in [1.807, 2.05) is 24.3 Å². The molecule has 0 saturated carbocycles. The normalized spacial score (nSPS) is 17.7. The van der Waals surface area contributed by atoms with Gasteiger partial charge in [-0.15, -0.1) is 11.3 Å². The highest BCUT2D eigenvalue weighted by Gasteiger charge is 2.34. The molecule has 0 radical (unpaired) electrons. The van der Waals surface area contributed by atoms with E-state index in [-0.39, 0.29) is 6.04 Å². The van der Waals surface area contributed by atoms with Gasteiger partial charge in [0, 0.05) is 17.1 Å². The van der Waals surface area contributed by atoms with Crippen LogP contribution in [0.2, 0.25) is 5.02 Å². The molecule has 110 valence electrons. The number of amides is 1. The first-order valence-electron chi connectivity index (χ1n) is 6.20. The molecule has 0 spiro atoms. The molecule has 0 bridgehead atoms. The van der Waals surface area contributed by atoms with Gasteiger partial charge in [-0.3, -0.25) is 4.90 Å². The molecule has 3 rings (SSSR count). The van der Waals surface area contributed by atoms with Gasteiger partial charge in [-0.05, 0) is 67.6 Å². The lowest BCUT2D eigenvalue weighted by Gasteiger charge is -2.35. The summed E-state index contributed by atoms with van der Waals surface area (Å²) in [4.78, 5) is 13.1. The first-order chi connectivity index (χ1) is 9.97. The fourth-order valence-electron chi connectivity index (χ4n) is 2.68. The number of halogens is 3. The van der Waals surface area contributed by atoms with Crippen molar-refractivity contribution in [3.63, 3.8) is 0 Å². The molecule has 1 N–H and O–H groups in total. The van der Waals surface area contributed by atoms with Crippen LogP contribution in [0.4, 0.5) is 4.79 Å². The minimum atomic E-state index is -0.908. The highest BCUT2D eigenvalue weighted by molar-refractivity contribution is 9.12. The van der Waals surface area contributed by atoms with Gasteiger partial charge in [0.2, 0.25) is 0 Å². The predicted octanol–water partition coefficient (Wildman–Crippen LogP) is 5.55. The lowest BCUT2D eigenvalue weighted by molar-refractivity contribution is 0.129. The van der Waals surface area contributed by atoms with E-state index < -0.39 is 6.09 Å². The Balaban J connectivity index is 2.17. The van der Waals surface area contributed by atoms with E-state index in [0.717, 1.165) is 24.3 Å². The smallest absolute Gasteiger partial charge is 0.408 e. The number of nitrogens with zero attached hydrogens (tertiary/aromatic N) is 1. The highest BCUT2D eigenvalue weighted by Crippen LogP contribution is 2.43. The van der Waals surface area contributed by atoms with E-state index in [2.05, 4.69) is 31.9 Å². The third kappa shape index (κ3) is 2.86. The Kier molecular flexibility index (Phi) is 4.32. The Morgan fingerprint density at radius 3 is 2.71 bits per heavy atom. The maximum Gasteiger partial charge on any atom is 0.408 e. The van der Waals surface area contributed by atoms with Crippen LogP contribution < -0.4 is 0 Å². The largest absolute Gasteiger partial charge is 0.465 e. The average Bonchev–Trinajstić information content (AvgIpc) is 2.75. The van der Waals surface area contributed by atoms with Crippen LogP contribution in [0, 0.1) is 0 Å². The zero-order valence-electron chi connectivity index (χ0n) is 10.6. The first kappa shape index (κ1) is 15.3. The molecular formula is C14H10Br2ClNO2S. The zero-order valence-corrected chi connectivity index (χ0v) is 15.4. The number of benzene rings is 1. The van der Waals surface area contributed by atoms with Crippen LogP contribution in [0.1, 0.15) is 22.7 Å². The van der Waals surface area contributed by atoms with Crippen LogP contribution in [0.3, 0.4) is 0 Å². The fourth-order valence-corrected chi connectivity index (χ4v) is 5.75. The topological polar surface area (TPSA) is 40.5 Å². The molecule has 1 aromatic heterocycles. The number of hydrogen-bond donors (Lipinski definition) is 1.